The molecule has 0 atom stereocenters. The minimum absolute atomic E-state index is 0.142. The zero-order valence-electron chi connectivity index (χ0n) is 7.15. The van der Waals surface area contributed by atoms with E-state index in [4.69, 9.17) is 9.84 Å². The highest BCUT2D eigenvalue weighted by Crippen LogP contribution is 2.30. The van der Waals surface area contributed by atoms with E-state index in [1.807, 2.05) is 0 Å². The molecule has 4 heteroatoms. The highest BCUT2D eigenvalue weighted by atomic mass is 16.5. The van der Waals surface area contributed by atoms with Crippen LogP contribution in [0.1, 0.15) is 15.9 Å². The van der Waals surface area contributed by atoms with Crippen LogP contribution >= 0.6 is 0 Å². The van der Waals surface area contributed by atoms with Crippen LogP contribution in [-0.4, -0.2) is 23.6 Å². The van der Waals surface area contributed by atoms with Gasteiger partial charge in [0.05, 0.1) is 13.7 Å². The van der Waals surface area contributed by atoms with Crippen molar-refractivity contribution in [3.63, 3.8) is 0 Å². The molecule has 0 spiro atoms. The van der Waals surface area contributed by atoms with Crippen LogP contribution < -0.4 is 4.74 Å². The minimum atomic E-state index is -0.279. The van der Waals surface area contributed by atoms with E-state index < -0.39 is 0 Å². The van der Waals surface area contributed by atoms with Gasteiger partial charge in [0.25, 0.3) is 0 Å². The number of aldehydes is 1. The molecule has 0 aliphatic carbocycles. The van der Waals surface area contributed by atoms with Gasteiger partial charge in [-0.1, -0.05) is 0 Å². The molecule has 1 rings (SSSR count). The second kappa shape index (κ2) is 3.91. The fraction of sp³-hybridized carbons (Fsp3) is 0.222. The molecule has 0 bridgehead atoms. The molecule has 0 aliphatic rings. The lowest BCUT2D eigenvalue weighted by Crippen LogP contribution is -1.94. The molecule has 0 fully saturated rings. The first-order valence-corrected chi connectivity index (χ1v) is 3.68. The van der Waals surface area contributed by atoms with Gasteiger partial charge in [-0.05, 0) is 12.1 Å². The van der Waals surface area contributed by atoms with Gasteiger partial charge >= 0.3 is 0 Å². The molecule has 70 valence electrons. The summed E-state index contributed by atoms with van der Waals surface area (Å²) in [6.07, 6.45) is 0.596. The third-order valence-electron chi connectivity index (χ3n) is 1.68. The Morgan fingerprint density at radius 1 is 1.54 bits per heavy atom. The lowest BCUT2D eigenvalue weighted by atomic mass is 10.1. The number of phenolic OH excluding ortho intramolecular Hbond substituents is 1. The van der Waals surface area contributed by atoms with Gasteiger partial charge in [-0.25, -0.2) is 0 Å². The SMILES string of the molecule is COc1c(O)cc(C=O)cc1CO. The van der Waals surface area contributed by atoms with Crippen LogP contribution in [0, 0.1) is 0 Å². The van der Waals surface area contributed by atoms with E-state index in [0.29, 0.717) is 17.4 Å². The van der Waals surface area contributed by atoms with Crippen molar-refractivity contribution in [2.24, 2.45) is 0 Å². The number of aliphatic hydroxyl groups excluding tert-OH is 1. The molecule has 1 aromatic rings. The maximum atomic E-state index is 10.4. The lowest BCUT2D eigenvalue weighted by Gasteiger charge is -2.08. The molecule has 4 nitrogen and oxygen atoms in total. The maximum absolute atomic E-state index is 10.4. The predicted octanol–water partition coefficient (Wildman–Crippen LogP) is 0.706. The Bertz CT molecular complexity index is 320. The summed E-state index contributed by atoms with van der Waals surface area (Å²) in [5.41, 5.74) is 0.701. The van der Waals surface area contributed by atoms with Gasteiger partial charge in [-0.3, -0.25) is 4.79 Å². The number of hydrogen-bond donors (Lipinski definition) is 2. The summed E-state index contributed by atoms with van der Waals surface area (Å²) >= 11 is 0. The van der Waals surface area contributed by atoms with Gasteiger partial charge in [-0.2, -0.15) is 0 Å². The fourth-order valence-electron chi connectivity index (χ4n) is 1.12. The maximum Gasteiger partial charge on any atom is 0.166 e. The van der Waals surface area contributed by atoms with E-state index in [2.05, 4.69) is 0 Å². The van der Waals surface area contributed by atoms with Gasteiger partial charge in [0, 0.05) is 11.1 Å². The number of carbonyl (C=O) groups excluding carboxylic acids is 1. The Kier molecular flexibility index (Phi) is 2.87. The van der Waals surface area contributed by atoms with E-state index in [0.717, 1.165) is 0 Å². The van der Waals surface area contributed by atoms with Gasteiger partial charge < -0.3 is 14.9 Å². The van der Waals surface area contributed by atoms with Gasteiger partial charge in [0.2, 0.25) is 0 Å². The predicted molar refractivity (Wildman–Crippen MR) is 46.0 cm³/mol. The summed E-state index contributed by atoms with van der Waals surface area (Å²) in [4.78, 5) is 10.4. The second-order valence-electron chi connectivity index (χ2n) is 2.51. The standard InChI is InChI=1S/C9H10O4/c1-13-9-7(5-11)2-6(4-10)3-8(9)12/h2-4,11-12H,5H2,1H3. The Morgan fingerprint density at radius 3 is 2.69 bits per heavy atom. The number of carbonyl (C=O) groups is 1. The number of methoxy groups -OCH3 is 1. The van der Waals surface area contributed by atoms with Crippen LogP contribution in [-0.2, 0) is 6.61 Å². The molecule has 1 aromatic carbocycles. The molecule has 13 heavy (non-hydrogen) atoms. The Morgan fingerprint density at radius 2 is 2.23 bits per heavy atom. The van der Waals surface area contributed by atoms with Gasteiger partial charge in [-0.15, -0.1) is 0 Å². The molecular weight excluding hydrogens is 172 g/mol. The van der Waals surface area contributed by atoms with E-state index >= 15 is 0 Å². The van der Waals surface area contributed by atoms with Crippen molar-refractivity contribution < 1.29 is 19.7 Å². The molecule has 0 saturated heterocycles. The average molecular weight is 182 g/mol. The second-order valence-corrected chi connectivity index (χ2v) is 2.51. The Balaban J connectivity index is 3.28. The summed E-state index contributed by atoms with van der Waals surface area (Å²) < 4.78 is 4.84. The summed E-state index contributed by atoms with van der Waals surface area (Å²) in [5, 5.41) is 18.2. The number of phenols is 1. The summed E-state index contributed by atoms with van der Waals surface area (Å²) in [6.45, 7) is -0.279. The number of ether oxygens (including phenoxy) is 1. The number of hydrogen-bond acceptors (Lipinski definition) is 4. The smallest absolute Gasteiger partial charge is 0.166 e. The van der Waals surface area contributed by atoms with Crippen molar-refractivity contribution in [3.05, 3.63) is 23.3 Å². The van der Waals surface area contributed by atoms with E-state index in [1.54, 1.807) is 0 Å². The fourth-order valence-corrected chi connectivity index (χ4v) is 1.12. The van der Waals surface area contributed by atoms with Crippen LogP contribution in [0.3, 0.4) is 0 Å². The third kappa shape index (κ3) is 1.78. The Labute approximate surface area is 75.4 Å². The molecule has 0 unspecified atom stereocenters. The number of aliphatic hydroxyl groups is 1. The monoisotopic (exact) mass is 182 g/mol. The molecule has 0 heterocycles. The molecule has 0 aliphatic heterocycles. The van der Waals surface area contributed by atoms with Crippen molar-refractivity contribution >= 4 is 6.29 Å². The van der Waals surface area contributed by atoms with E-state index in [-0.39, 0.29) is 18.1 Å². The molecular formula is C9H10O4. The lowest BCUT2D eigenvalue weighted by molar-refractivity contribution is 0.112. The first-order chi connectivity index (χ1) is 6.22. The van der Waals surface area contributed by atoms with Crippen molar-refractivity contribution in [2.75, 3.05) is 7.11 Å². The quantitative estimate of drug-likeness (QED) is 0.675. The molecule has 0 aromatic heterocycles. The molecule has 2 N–H and O–H groups in total. The van der Waals surface area contributed by atoms with Crippen LogP contribution in [0.25, 0.3) is 0 Å². The highest BCUT2D eigenvalue weighted by molar-refractivity contribution is 5.77. The van der Waals surface area contributed by atoms with Crippen LogP contribution in [0.4, 0.5) is 0 Å². The third-order valence-corrected chi connectivity index (χ3v) is 1.68. The molecule has 0 radical (unpaired) electrons. The highest BCUT2D eigenvalue weighted by Gasteiger charge is 2.09. The largest absolute Gasteiger partial charge is 0.504 e. The van der Waals surface area contributed by atoms with Crippen molar-refractivity contribution in [2.45, 2.75) is 6.61 Å². The number of rotatable bonds is 3. The van der Waals surface area contributed by atoms with Crippen molar-refractivity contribution in [3.8, 4) is 11.5 Å². The summed E-state index contributed by atoms with van der Waals surface area (Å²) in [7, 11) is 1.38. The zero-order valence-corrected chi connectivity index (χ0v) is 7.15. The normalized spacial score (nSPS) is 9.69. The first-order valence-electron chi connectivity index (χ1n) is 3.68. The molecule has 0 amide bonds. The van der Waals surface area contributed by atoms with E-state index in [9.17, 15) is 9.90 Å². The molecule has 0 saturated carbocycles. The van der Waals surface area contributed by atoms with Crippen LogP contribution in [0.15, 0.2) is 12.1 Å². The van der Waals surface area contributed by atoms with Crippen LogP contribution in [0.2, 0.25) is 0 Å². The Hall–Kier alpha value is -1.55. The number of aromatic hydroxyl groups is 1. The number of benzene rings is 1. The van der Waals surface area contributed by atoms with Crippen molar-refractivity contribution in [1.82, 2.24) is 0 Å². The topological polar surface area (TPSA) is 66.8 Å². The minimum Gasteiger partial charge on any atom is -0.504 e. The average Bonchev–Trinajstić information content (AvgIpc) is 2.16. The van der Waals surface area contributed by atoms with Gasteiger partial charge in [0.1, 0.15) is 6.29 Å². The summed E-state index contributed by atoms with van der Waals surface area (Å²) in [5.74, 6) is 0.0595. The first kappa shape index (κ1) is 9.54. The summed E-state index contributed by atoms with van der Waals surface area (Å²) in [6, 6.07) is 2.75. The van der Waals surface area contributed by atoms with Crippen molar-refractivity contribution in [1.29, 1.82) is 0 Å². The zero-order chi connectivity index (χ0) is 9.84. The van der Waals surface area contributed by atoms with Crippen LogP contribution in [0.5, 0.6) is 11.5 Å². The van der Waals surface area contributed by atoms with Gasteiger partial charge in [0.15, 0.2) is 11.5 Å². The van der Waals surface area contributed by atoms with E-state index in [1.165, 1.54) is 19.2 Å².